The van der Waals surface area contributed by atoms with Crippen LogP contribution >= 0.6 is 0 Å². The summed E-state index contributed by atoms with van der Waals surface area (Å²) in [5.74, 6) is 1.59. The van der Waals surface area contributed by atoms with Crippen LogP contribution in [0.3, 0.4) is 0 Å². The summed E-state index contributed by atoms with van der Waals surface area (Å²) in [7, 11) is 0. The lowest BCUT2D eigenvalue weighted by Crippen LogP contribution is -2.42. The number of fused-ring (bicyclic) bond motifs is 1. The molecule has 0 spiro atoms. The highest BCUT2D eigenvalue weighted by Gasteiger charge is 2.36. The van der Waals surface area contributed by atoms with Crippen LogP contribution in [0, 0.1) is 5.92 Å². The van der Waals surface area contributed by atoms with Gasteiger partial charge in [0.05, 0.1) is 5.54 Å². The van der Waals surface area contributed by atoms with E-state index >= 15 is 0 Å². The summed E-state index contributed by atoms with van der Waals surface area (Å²) in [6, 6.07) is 5.93. The Kier molecular flexibility index (Phi) is 2.40. The quantitative estimate of drug-likeness (QED) is 0.816. The van der Waals surface area contributed by atoms with Gasteiger partial charge in [-0.3, -0.25) is 4.40 Å². The zero-order valence-corrected chi connectivity index (χ0v) is 10.1. The maximum Gasteiger partial charge on any atom is 0.160 e. The van der Waals surface area contributed by atoms with E-state index in [1.54, 1.807) is 0 Å². The molecule has 2 heterocycles. The predicted octanol–water partition coefficient (Wildman–Crippen LogP) is 2.09. The molecule has 1 saturated carbocycles. The number of nitrogens with zero attached hydrogens (tertiary/aromatic N) is 3. The number of rotatable bonds is 1. The van der Waals surface area contributed by atoms with Gasteiger partial charge in [-0.05, 0) is 30.9 Å². The smallest absolute Gasteiger partial charge is 0.160 e. The molecule has 3 rings (SSSR count). The summed E-state index contributed by atoms with van der Waals surface area (Å²) in [6.45, 7) is 2.27. The van der Waals surface area contributed by atoms with Crippen molar-refractivity contribution in [3.63, 3.8) is 0 Å². The van der Waals surface area contributed by atoms with Crippen LogP contribution in [0.25, 0.3) is 5.65 Å². The molecule has 17 heavy (non-hydrogen) atoms. The van der Waals surface area contributed by atoms with Gasteiger partial charge in [-0.15, -0.1) is 10.2 Å². The lowest BCUT2D eigenvalue weighted by Gasteiger charge is -2.35. The first-order valence-electron chi connectivity index (χ1n) is 6.28. The van der Waals surface area contributed by atoms with Crippen LogP contribution < -0.4 is 5.73 Å². The fraction of sp³-hybridized carbons (Fsp3) is 0.538. The molecule has 2 aromatic rings. The third-order valence-electron chi connectivity index (χ3n) is 3.79. The van der Waals surface area contributed by atoms with E-state index in [1.165, 1.54) is 12.8 Å². The Morgan fingerprint density at radius 3 is 3.12 bits per heavy atom. The zero-order chi connectivity index (χ0) is 11.9. The van der Waals surface area contributed by atoms with Crippen LogP contribution in [0.5, 0.6) is 0 Å². The highest BCUT2D eigenvalue weighted by atomic mass is 15.3. The molecule has 0 amide bonds. The lowest BCUT2D eigenvalue weighted by atomic mass is 9.76. The van der Waals surface area contributed by atoms with Crippen molar-refractivity contribution in [3.05, 3.63) is 30.2 Å². The van der Waals surface area contributed by atoms with Gasteiger partial charge in [-0.25, -0.2) is 0 Å². The van der Waals surface area contributed by atoms with Gasteiger partial charge in [-0.1, -0.05) is 25.8 Å². The minimum absolute atomic E-state index is 0.307. The predicted molar refractivity (Wildman–Crippen MR) is 66.5 cm³/mol. The van der Waals surface area contributed by atoms with Crippen LogP contribution in [0.4, 0.5) is 0 Å². The van der Waals surface area contributed by atoms with E-state index in [0.29, 0.717) is 5.92 Å². The molecule has 1 fully saturated rings. The molecule has 0 aromatic carbocycles. The van der Waals surface area contributed by atoms with E-state index in [2.05, 4.69) is 17.1 Å². The topological polar surface area (TPSA) is 56.2 Å². The van der Waals surface area contributed by atoms with E-state index in [9.17, 15) is 0 Å². The first kappa shape index (κ1) is 10.7. The Morgan fingerprint density at radius 2 is 2.29 bits per heavy atom. The van der Waals surface area contributed by atoms with Gasteiger partial charge in [0.2, 0.25) is 0 Å². The molecular weight excluding hydrogens is 212 g/mol. The number of hydrogen-bond donors (Lipinski definition) is 1. The van der Waals surface area contributed by atoms with Gasteiger partial charge in [0, 0.05) is 6.20 Å². The fourth-order valence-electron chi connectivity index (χ4n) is 2.98. The molecule has 0 radical (unpaired) electrons. The van der Waals surface area contributed by atoms with Gasteiger partial charge in [-0.2, -0.15) is 0 Å². The molecule has 2 N–H and O–H groups in total. The minimum atomic E-state index is -0.307. The Hall–Kier alpha value is -1.42. The minimum Gasteiger partial charge on any atom is -0.319 e. The number of pyridine rings is 1. The summed E-state index contributed by atoms with van der Waals surface area (Å²) >= 11 is 0. The van der Waals surface area contributed by atoms with Crippen molar-refractivity contribution in [2.75, 3.05) is 0 Å². The molecule has 1 aliphatic rings. The molecule has 2 atom stereocenters. The molecule has 90 valence electrons. The Morgan fingerprint density at radius 1 is 1.41 bits per heavy atom. The molecule has 1 aliphatic carbocycles. The van der Waals surface area contributed by atoms with Crippen molar-refractivity contribution < 1.29 is 0 Å². The third kappa shape index (κ3) is 1.72. The second-order valence-electron chi connectivity index (χ2n) is 5.31. The first-order chi connectivity index (χ1) is 8.19. The normalized spacial score (nSPS) is 29.6. The van der Waals surface area contributed by atoms with Crippen molar-refractivity contribution >= 4 is 5.65 Å². The molecule has 0 bridgehead atoms. The van der Waals surface area contributed by atoms with Gasteiger partial charge in [0.25, 0.3) is 0 Å². The third-order valence-corrected chi connectivity index (χ3v) is 3.79. The zero-order valence-electron chi connectivity index (χ0n) is 10.1. The van der Waals surface area contributed by atoms with Crippen LogP contribution in [0.15, 0.2) is 24.4 Å². The van der Waals surface area contributed by atoms with Crippen LogP contribution in [-0.2, 0) is 5.54 Å². The van der Waals surface area contributed by atoms with Crippen molar-refractivity contribution in [2.24, 2.45) is 11.7 Å². The summed E-state index contributed by atoms with van der Waals surface area (Å²) in [4.78, 5) is 0. The SMILES string of the molecule is CC1CCCC(N)(c2nnc3ccccn23)C1. The molecular formula is C13H18N4. The molecule has 2 aromatic heterocycles. The maximum absolute atomic E-state index is 6.56. The standard InChI is InChI=1S/C13H18N4/c1-10-5-4-7-13(14,9-10)12-16-15-11-6-2-3-8-17(11)12/h2-3,6,8,10H,4-5,7,9,14H2,1H3. The molecule has 0 saturated heterocycles. The second kappa shape index (κ2) is 3.81. The van der Waals surface area contributed by atoms with E-state index in [4.69, 9.17) is 5.73 Å². The summed E-state index contributed by atoms with van der Waals surface area (Å²) in [6.07, 6.45) is 6.46. The molecule has 2 unspecified atom stereocenters. The number of aromatic nitrogens is 3. The monoisotopic (exact) mass is 230 g/mol. The van der Waals surface area contributed by atoms with Gasteiger partial charge >= 0.3 is 0 Å². The Bertz CT molecular complexity index is 533. The second-order valence-corrected chi connectivity index (χ2v) is 5.31. The molecule has 4 heteroatoms. The average molecular weight is 230 g/mol. The maximum atomic E-state index is 6.56. The highest BCUT2D eigenvalue weighted by molar-refractivity contribution is 5.38. The van der Waals surface area contributed by atoms with Crippen molar-refractivity contribution in [1.29, 1.82) is 0 Å². The first-order valence-corrected chi connectivity index (χ1v) is 6.28. The lowest BCUT2D eigenvalue weighted by molar-refractivity contribution is 0.226. The van der Waals surface area contributed by atoms with Crippen molar-refractivity contribution in [2.45, 2.75) is 38.1 Å². The van der Waals surface area contributed by atoms with Crippen LogP contribution in [0.1, 0.15) is 38.4 Å². The fourth-order valence-corrected chi connectivity index (χ4v) is 2.98. The van der Waals surface area contributed by atoms with E-state index in [1.807, 2.05) is 28.8 Å². The van der Waals surface area contributed by atoms with E-state index < -0.39 is 0 Å². The summed E-state index contributed by atoms with van der Waals surface area (Å²) < 4.78 is 2.03. The molecule has 4 nitrogen and oxygen atoms in total. The van der Waals surface area contributed by atoms with Gasteiger partial charge < -0.3 is 5.73 Å². The van der Waals surface area contributed by atoms with Crippen LogP contribution in [0.2, 0.25) is 0 Å². The highest BCUT2D eigenvalue weighted by Crippen LogP contribution is 2.36. The largest absolute Gasteiger partial charge is 0.319 e. The van der Waals surface area contributed by atoms with E-state index in [0.717, 1.165) is 24.3 Å². The van der Waals surface area contributed by atoms with Gasteiger partial charge in [0.15, 0.2) is 11.5 Å². The van der Waals surface area contributed by atoms with Gasteiger partial charge in [0.1, 0.15) is 0 Å². The number of nitrogens with two attached hydrogens (primary N) is 1. The summed E-state index contributed by atoms with van der Waals surface area (Å²) in [5.41, 5.74) is 7.13. The Balaban J connectivity index is 2.08. The summed E-state index contributed by atoms with van der Waals surface area (Å²) in [5, 5.41) is 8.51. The van der Waals surface area contributed by atoms with Crippen LogP contribution in [-0.4, -0.2) is 14.6 Å². The Labute approximate surface area is 101 Å². The molecule has 0 aliphatic heterocycles. The van der Waals surface area contributed by atoms with Crippen molar-refractivity contribution in [1.82, 2.24) is 14.6 Å². The number of hydrogen-bond acceptors (Lipinski definition) is 3. The average Bonchev–Trinajstić information content (AvgIpc) is 2.72. The van der Waals surface area contributed by atoms with Crippen molar-refractivity contribution in [3.8, 4) is 0 Å². The van der Waals surface area contributed by atoms with E-state index in [-0.39, 0.29) is 5.54 Å².